The molecule has 0 saturated heterocycles. The van der Waals surface area contributed by atoms with Crippen LogP contribution in [0.2, 0.25) is 0 Å². The first-order valence-corrected chi connectivity index (χ1v) is 6.18. The third-order valence-corrected chi connectivity index (χ3v) is 2.99. The van der Waals surface area contributed by atoms with Gasteiger partial charge < -0.3 is 4.90 Å². The van der Waals surface area contributed by atoms with Crippen molar-refractivity contribution in [2.75, 3.05) is 11.4 Å². The van der Waals surface area contributed by atoms with Crippen molar-refractivity contribution >= 4 is 17.1 Å². The van der Waals surface area contributed by atoms with Crippen LogP contribution in [0.25, 0.3) is 0 Å². The third kappa shape index (κ3) is 2.59. The lowest BCUT2D eigenvalue weighted by Crippen LogP contribution is -2.16. The highest BCUT2D eigenvalue weighted by Crippen LogP contribution is 2.29. The van der Waals surface area contributed by atoms with Crippen molar-refractivity contribution in [3.05, 3.63) is 64.2 Å². The molecule has 2 aromatic rings. The zero-order valence-corrected chi connectivity index (χ0v) is 11.0. The number of anilines is 2. The van der Waals surface area contributed by atoms with Gasteiger partial charge in [-0.25, -0.2) is 0 Å². The van der Waals surface area contributed by atoms with Gasteiger partial charge in [-0.15, -0.1) is 0 Å². The number of para-hydroxylation sites is 1. The largest absolute Gasteiger partial charge is 0.342 e. The fourth-order valence-electron chi connectivity index (χ4n) is 2.06. The van der Waals surface area contributed by atoms with Crippen molar-refractivity contribution in [2.24, 2.45) is 0 Å². The van der Waals surface area contributed by atoms with E-state index < -0.39 is 4.92 Å². The molecular formula is C15H13N3O2. The van der Waals surface area contributed by atoms with E-state index in [1.807, 2.05) is 48.2 Å². The van der Waals surface area contributed by atoms with Gasteiger partial charge in [-0.2, -0.15) is 5.26 Å². The van der Waals surface area contributed by atoms with E-state index in [0.717, 1.165) is 11.4 Å². The molecule has 0 atom stereocenters. The minimum Gasteiger partial charge on any atom is -0.342 e. The average Bonchev–Trinajstić information content (AvgIpc) is 2.48. The van der Waals surface area contributed by atoms with Crippen molar-refractivity contribution in [1.29, 1.82) is 5.26 Å². The van der Waals surface area contributed by atoms with Gasteiger partial charge in [0.15, 0.2) is 0 Å². The van der Waals surface area contributed by atoms with Crippen molar-refractivity contribution < 1.29 is 4.92 Å². The number of hydrogen-bond donors (Lipinski definition) is 0. The Hall–Kier alpha value is -2.87. The molecule has 20 heavy (non-hydrogen) atoms. The van der Waals surface area contributed by atoms with Crippen LogP contribution in [-0.4, -0.2) is 11.5 Å². The Kier molecular flexibility index (Phi) is 3.96. The summed E-state index contributed by atoms with van der Waals surface area (Å²) in [5.41, 5.74) is 1.65. The normalized spacial score (nSPS) is 9.80. The topological polar surface area (TPSA) is 70.2 Å². The monoisotopic (exact) mass is 267 g/mol. The highest BCUT2D eigenvalue weighted by molar-refractivity contribution is 5.67. The van der Waals surface area contributed by atoms with E-state index in [4.69, 9.17) is 5.26 Å². The van der Waals surface area contributed by atoms with E-state index >= 15 is 0 Å². The second-order valence-corrected chi connectivity index (χ2v) is 4.15. The summed E-state index contributed by atoms with van der Waals surface area (Å²) in [4.78, 5) is 12.3. The summed E-state index contributed by atoms with van der Waals surface area (Å²) in [6.07, 6.45) is 0. The van der Waals surface area contributed by atoms with Crippen molar-refractivity contribution in [2.45, 2.75) is 6.92 Å². The average molecular weight is 267 g/mol. The van der Waals surface area contributed by atoms with Gasteiger partial charge in [0.05, 0.1) is 4.92 Å². The number of nitro groups is 1. The summed E-state index contributed by atoms with van der Waals surface area (Å²) in [5.74, 6) is 0. The molecule has 0 aliphatic carbocycles. The number of hydrogen-bond acceptors (Lipinski definition) is 4. The fourth-order valence-corrected chi connectivity index (χ4v) is 2.06. The molecule has 0 heterocycles. The highest BCUT2D eigenvalue weighted by atomic mass is 16.6. The van der Waals surface area contributed by atoms with Crippen molar-refractivity contribution in [3.8, 4) is 6.07 Å². The Morgan fingerprint density at radius 2 is 1.90 bits per heavy atom. The van der Waals surface area contributed by atoms with E-state index in [9.17, 15) is 10.1 Å². The first-order valence-electron chi connectivity index (χ1n) is 6.18. The van der Waals surface area contributed by atoms with Gasteiger partial charge in [0.25, 0.3) is 5.69 Å². The molecule has 0 aliphatic heterocycles. The van der Waals surface area contributed by atoms with Crippen LogP contribution >= 0.6 is 0 Å². The maximum absolute atomic E-state index is 10.8. The molecule has 2 aromatic carbocycles. The van der Waals surface area contributed by atoms with Gasteiger partial charge >= 0.3 is 0 Å². The predicted molar refractivity (Wildman–Crippen MR) is 76.9 cm³/mol. The SMILES string of the molecule is CCN(c1ccccc1)c1ccc([N+](=O)[O-])c(C#N)c1. The van der Waals surface area contributed by atoms with Crippen LogP contribution in [0.15, 0.2) is 48.5 Å². The molecule has 100 valence electrons. The molecule has 0 bridgehead atoms. The summed E-state index contributed by atoms with van der Waals surface area (Å²) < 4.78 is 0. The minimum atomic E-state index is -0.541. The van der Waals surface area contributed by atoms with Gasteiger partial charge in [-0.1, -0.05) is 18.2 Å². The number of nitriles is 1. The van der Waals surface area contributed by atoms with Gasteiger partial charge in [0, 0.05) is 24.0 Å². The van der Waals surface area contributed by atoms with E-state index in [-0.39, 0.29) is 11.3 Å². The van der Waals surface area contributed by atoms with Crippen LogP contribution < -0.4 is 4.90 Å². The number of nitro benzene ring substituents is 1. The standard InChI is InChI=1S/C15H13N3O2/c1-2-17(13-6-4-3-5-7-13)14-8-9-15(18(19)20)12(10-14)11-16/h3-10H,2H2,1H3. The fraction of sp³-hybridized carbons (Fsp3) is 0.133. The summed E-state index contributed by atoms with van der Waals surface area (Å²) in [7, 11) is 0. The Morgan fingerprint density at radius 1 is 1.20 bits per heavy atom. The Bertz CT molecular complexity index is 663. The molecule has 5 nitrogen and oxygen atoms in total. The number of benzene rings is 2. The van der Waals surface area contributed by atoms with E-state index in [2.05, 4.69) is 0 Å². The lowest BCUT2D eigenvalue weighted by Gasteiger charge is -2.23. The van der Waals surface area contributed by atoms with E-state index in [0.29, 0.717) is 6.54 Å². The molecule has 0 amide bonds. The second-order valence-electron chi connectivity index (χ2n) is 4.15. The molecule has 0 saturated carbocycles. The molecular weight excluding hydrogens is 254 g/mol. The van der Waals surface area contributed by atoms with Gasteiger partial charge in [0.1, 0.15) is 11.6 Å². The summed E-state index contributed by atoms with van der Waals surface area (Å²) in [6, 6.07) is 16.2. The molecule has 0 spiro atoms. The van der Waals surface area contributed by atoms with Crippen molar-refractivity contribution in [1.82, 2.24) is 0 Å². The maximum Gasteiger partial charge on any atom is 0.287 e. The van der Waals surface area contributed by atoms with Gasteiger partial charge in [0.2, 0.25) is 0 Å². The summed E-state index contributed by atoms with van der Waals surface area (Å²) in [6.45, 7) is 2.69. The Labute approximate surface area is 116 Å². The van der Waals surface area contributed by atoms with Crippen LogP contribution in [0.3, 0.4) is 0 Å². The van der Waals surface area contributed by atoms with Crippen molar-refractivity contribution in [3.63, 3.8) is 0 Å². The van der Waals surface area contributed by atoms with Gasteiger partial charge in [-0.3, -0.25) is 10.1 Å². The molecule has 0 aliphatic rings. The smallest absolute Gasteiger partial charge is 0.287 e. The quantitative estimate of drug-likeness (QED) is 0.626. The predicted octanol–water partition coefficient (Wildman–Crippen LogP) is 3.62. The van der Waals surface area contributed by atoms with Gasteiger partial charge in [-0.05, 0) is 31.2 Å². The lowest BCUT2D eigenvalue weighted by molar-refractivity contribution is -0.385. The zero-order valence-electron chi connectivity index (χ0n) is 11.0. The third-order valence-electron chi connectivity index (χ3n) is 2.99. The number of nitrogens with zero attached hydrogens (tertiary/aromatic N) is 3. The van der Waals surface area contributed by atoms with Crippen LogP contribution in [-0.2, 0) is 0 Å². The molecule has 0 fully saturated rings. The minimum absolute atomic E-state index is 0.0712. The van der Waals surface area contributed by atoms with Crippen LogP contribution in [0.1, 0.15) is 12.5 Å². The van der Waals surface area contributed by atoms with Crippen LogP contribution in [0, 0.1) is 21.4 Å². The first kappa shape index (κ1) is 13.6. The van der Waals surface area contributed by atoms with Crippen LogP contribution in [0.5, 0.6) is 0 Å². The second kappa shape index (κ2) is 5.85. The molecule has 0 radical (unpaired) electrons. The summed E-state index contributed by atoms with van der Waals surface area (Å²) in [5, 5.41) is 19.9. The maximum atomic E-state index is 10.8. The highest BCUT2D eigenvalue weighted by Gasteiger charge is 2.16. The molecule has 2 rings (SSSR count). The zero-order chi connectivity index (χ0) is 14.5. The van der Waals surface area contributed by atoms with E-state index in [1.165, 1.54) is 6.07 Å². The Morgan fingerprint density at radius 3 is 2.45 bits per heavy atom. The molecule has 5 heteroatoms. The molecule has 0 N–H and O–H groups in total. The van der Waals surface area contributed by atoms with E-state index in [1.54, 1.807) is 12.1 Å². The first-order chi connectivity index (χ1) is 9.67. The molecule has 0 unspecified atom stereocenters. The molecule has 0 aromatic heterocycles. The lowest BCUT2D eigenvalue weighted by atomic mass is 10.1. The van der Waals surface area contributed by atoms with Crippen LogP contribution in [0.4, 0.5) is 17.1 Å². The Balaban J connectivity index is 2.47. The summed E-state index contributed by atoms with van der Waals surface area (Å²) >= 11 is 0. The number of rotatable bonds is 4.